The van der Waals surface area contributed by atoms with Crippen LogP contribution in [0.1, 0.15) is 23.3 Å². The van der Waals surface area contributed by atoms with Crippen LogP contribution in [0.25, 0.3) is 11.3 Å². The Morgan fingerprint density at radius 1 is 1.08 bits per heavy atom. The third-order valence-corrected chi connectivity index (χ3v) is 4.38. The molecule has 0 aliphatic carbocycles. The number of aromatic nitrogens is 2. The summed E-state index contributed by atoms with van der Waals surface area (Å²) in [4.78, 5) is 26.1. The van der Waals surface area contributed by atoms with Gasteiger partial charge in [0, 0.05) is 29.9 Å². The van der Waals surface area contributed by atoms with E-state index in [1.54, 1.807) is 17.0 Å². The predicted molar refractivity (Wildman–Crippen MR) is 100 cm³/mol. The molecule has 4 rings (SSSR count). The maximum Gasteiger partial charge on any atom is 0.273 e. The van der Waals surface area contributed by atoms with E-state index in [2.05, 4.69) is 15.5 Å². The number of hydrogen-bond acceptors (Lipinski definition) is 3. The highest BCUT2D eigenvalue weighted by molar-refractivity contribution is 6.04. The van der Waals surface area contributed by atoms with Crippen LogP contribution in [0.2, 0.25) is 0 Å². The van der Waals surface area contributed by atoms with E-state index in [0.717, 1.165) is 24.2 Å². The first kappa shape index (κ1) is 16.1. The van der Waals surface area contributed by atoms with Crippen LogP contribution in [0.15, 0.2) is 60.7 Å². The Balaban J connectivity index is 1.50. The summed E-state index contributed by atoms with van der Waals surface area (Å²) in [6.45, 7) is 0.719. The van der Waals surface area contributed by atoms with Crippen molar-refractivity contribution in [1.29, 1.82) is 0 Å². The van der Waals surface area contributed by atoms with E-state index < -0.39 is 0 Å². The van der Waals surface area contributed by atoms with E-state index in [9.17, 15) is 9.59 Å². The van der Waals surface area contributed by atoms with Gasteiger partial charge in [0.25, 0.3) is 5.91 Å². The second-order valence-electron chi connectivity index (χ2n) is 6.19. The van der Waals surface area contributed by atoms with Crippen LogP contribution in [0.4, 0.5) is 11.4 Å². The number of benzene rings is 2. The standard InChI is InChI=1S/C20H18N4O2/c25-19-10-5-11-24(19)16-9-4-8-15(12-16)21-20(26)18-13-17(22-23-18)14-6-2-1-3-7-14/h1-4,6-9,12-13H,5,10-11H2,(H,21,26)(H,22,23). The maximum atomic E-state index is 12.5. The number of aromatic amines is 1. The molecule has 130 valence electrons. The quantitative estimate of drug-likeness (QED) is 0.759. The molecule has 1 aromatic heterocycles. The molecular weight excluding hydrogens is 328 g/mol. The molecule has 0 atom stereocenters. The largest absolute Gasteiger partial charge is 0.321 e. The van der Waals surface area contributed by atoms with Gasteiger partial charge < -0.3 is 10.2 Å². The zero-order valence-electron chi connectivity index (χ0n) is 14.1. The lowest BCUT2D eigenvalue weighted by molar-refractivity contribution is -0.117. The van der Waals surface area contributed by atoms with Gasteiger partial charge >= 0.3 is 0 Å². The zero-order valence-corrected chi connectivity index (χ0v) is 14.1. The maximum absolute atomic E-state index is 12.5. The molecule has 6 nitrogen and oxygen atoms in total. The monoisotopic (exact) mass is 346 g/mol. The number of carbonyl (C=O) groups is 2. The molecule has 26 heavy (non-hydrogen) atoms. The van der Waals surface area contributed by atoms with Crippen molar-refractivity contribution in [2.45, 2.75) is 12.8 Å². The van der Waals surface area contributed by atoms with Crippen molar-refractivity contribution >= 4 is 23.2 Å². The second kappa shape index (κ2) is 6.84. The molecule has 1 saturated heterocycles. The topological polar surface area (TPSA) is 78.1 Å². The minimum Gasteiger partial charge on any atom is -0.321 e. The number of nitrogens with zero attached hydrogens (tertiary/aromatic N) is 2. The number of H-pyrrole nitrogens is 1. The normalized spacial score (nSPS) is 13.8. The van der Waals surface area contributed by atoms with Crippen molar-refractivity contribution in [2.24, 2.45) is 0 Å². The average molecular weight is 346 g/mol. The van der Waals surface area contributed by atoms with Crippen molar-refractivity contribution in [3.05, 3.63) is 66.4 Å². The van der Waals surface area contributed by atoms with Crippen molar-refractivity contribution in [3.63, 3.8) is 0 Å². The lowest BCUT2D eigenvalue weighted by Crippen LogP contribution is -2.23. The summed E-state index contributed by atoms with van der Waals surface area (Å²) in [6.07, 6.45) is 1.44. The molecule has 0 saturated carbocycles. The van der Waals surface area contributed by atoms with E-state index in [0.29, 0.717) is 23.5 Å². The smallest absolute Gasteiger partial charge is 0.273 e. The molecule has 1 fully saturated rings. The fourth-order valence-corrected chi connectivity index (χ4v) is 3.07. The Hall–Kier alpha value is -3.41. The number of rotatable bonds is 4. The second-order valence-corrected chi connectivity index (χ2v) is 6.19. The van der Waals surface area contributed by atoms with Crippen molar-refractivity contribution in [2.75, 3.05) is 16.8 Å². The summed E-state index contributed by atoms with van der Waals surface area (Å²) in [7, 11) is 0. The molecule has 2 heterocycles. The minimum absolute atomic E-state index is 0.120. The van der Waals surface area contributed by atoms with E-state index in [1.165, 1.54) is 0 Å². The van der Waals surface area contributed by atoms with Crippen LogP contribution in [0.5, 0.6) is 0 Å². The third-order valence-electron chi connectivity index (χ3n) is 4.38. The average Bonchev–Trinajstić information content (AvgIpc) is 3.32. The molecule has 2 aromatic carbocycles. The number of hydrogen-bond donors (Lipinski definition) is 2. The number of carbonyl (C=O) groups excluding carboxylic acids is 2. The Morgan fingerprint density at radius 3 is 2.69 bits per heavy atom. The van der Waals surface area contributed by atoms with Crippen LogP contribution in [-0.2, 0) is 4.79 Å². The van der Waals surface area contributed by atoms with Crippen LogP contribution in [-0.4, -0.2) is 28.6 Å². The summed E-state index contributed by atoms with van der Waals surface area (Å²) in [6, 6.07) is 18.7. The molecule has 0 unspecified atom stereocenters. The van der Waals surface area contributed by atoms with Gasteiger partial charge in [-0.1, -0.05) is 36.4 Å². The van der Waals surface area contributed by atoms with Gasteiger partial charge in [-0.2, -0.15) is 5.10 Å². The molecule has 6 heteroatoms. The minimum atomic E-state index is -0.274. The van der Waals surface area contributed by atoms with E-state index in [1.807, 2.05) is 48.5 Å². The number of nitrogens with one attached hydrogen (secondary N) is 2. The third kappa shape index (κ3) is 3.21. The summed E-state index contributed by atoms with van der Waals surface area (Å²) in [5.41, 5.74) is 3.49. The highest BCUT2D eigenvalue weighted by Crippen LogP contribution is 2.24. The Bertz CT molecular complexity index is 949. The Morgan fingerprint density at radius 2 is 1.92 bits per heavy atom. The lowest BCUT2D eigenvalue weighted by Gasteiger charge is -2.16. The molecular formula is C20H18N4O2. The predicted octanol–water partition coefficient (Wildman–Crippen LogP) is 3.46. The van der Waals surface area contributed by atoms with Gasteiger partial charge in [-0.05, 0) is 30.7 Å². The molecule has 2 amide bonds. The fraction of sp³-hybridized carbons (Fsp3) is 0.150. The molecule has 2 N–H and O–H groups in total. The molecule has 0 bridgehead atoms. The zero-order chi connectivity index (χ0) is 17.9. The number of anilines is 2. The summed E-state index contributed by atoms with van der Waals surface area (Å²) in [5.74, 6) is -0.154. The van der Waals surface area contributed by atoms with Gasteiger partial charge in [-0.15, -0.1) is 0 Å². The van der Waals surface area contributed by atoms with Gasteiger partial charge in [-0.25, -0.2) is 0 Å². The first-order chi connectivity index (χ1) is 12.7. The Kier molecular flexibility index (Phi) is 4.23. The Labute approximate surface area is 150 Å². The van der Waals surface area contributed by atoms with E-state index in [4.69, 9.17) is 0 Å². The van der Waals surface area contributed by atoms with Gasteiger partial charge in [-0.3, -0.25) is 14.7 Å². The summed E-state index contributed by atoms with van der Waals surface area (Å²) >= 11 is 0. The first-order valence-corrected chi connectivity index (χ1v) is 8.53. The highest BCUT2D eigenvalue weighted by Gasteiger charge is 2.22. The lowest BCUT2D eigenvalue weighted by atomic mass is 10.1. The van der Waals surface area contributed by atoms with Crippen molar-refractivity contribution in [1.82, 2.24) is 10.2 Å². The summed E-state index contributed by atoms with van der Waals surface area (Å²) in [5, 5.41) is 9.83. The van der Waals surface area contributed by atoms with Gasteiger partial charge in [0.15, 0.2) is 0 Å². The van der Waals surface area contributed by atoms with Gasteiger partial charge in [0.2, 0.25) is 5.91 Å². The van der Waals surface area contributed by atoms with Crippen molar-refractivity contribution in [3.8, 4) is 11.3 Å². The SMILES string of the molecule is O=C(Nc1cccc(N2CCCC2=O)c1)c1cc(-c2ccccc2)n[nH]1. The van der Waals surface area contributed by atoms with E-state index >= 15 is 0 Å². The van der Waals surface area contributed by atoms with E-state index in [-0.39, 0.29) is 11.8 Å². The van der Waals surface area contributed by atoms with Crippen LogP contribution < -0.4 is 10.2 Å². The molecule has 0 spiro atoms. The molecule has 1 aliphatic rings. The fourth-order valence-electron chi connectivity index (χ4n) is 3.07. The molecule has 0 radical (unpaired) electrons. The number of amides is 2. The van der Waals surface area contributed by atoms with Crippen molar-refractivity contribution < 1.29 is 9.59 Å². The van der Waals surface area contributed by atoms with Crippen LogP contribution in [0, 0.1) is 0 Å². The van der Waals surface area contributed by atoms with Gasteiger partial charge in [0.1, 0.15) is 5.69 Å². The summed E-state index contributed by atoms with van der Waals surface area (Å²) < 4.78 is 0. The molecule has 3 aromatic rings. The van der Waals surface area contributed by atoms with Crippen LogP contribution in [0.3, 0.4) is 0 Å². The first-order valence-electron chi connectivity index (χ1n) is 8.53. The molecule has 1 aliphatic heterocycles. The van der Waals surface area contributed by atoms with Gasteiger partial charge in [0.05, 0.1) is 5.69 Å². The van der Waals surface area contributed by atoms with Crippen LogP contribution >= 0.6 is 0 Å². The highest BCUT2D eigenvalue weighted by atomic mass is 16.2.